The van der Waals surface area contributed by atoms with Crippen molar-refractivity contribution in [3.63, 3.8) is 0 Å². The Kier molecular flexibility index (Phi) is 18.5. The third kappa shape index (κ3) is 12.7. The molecule has 5 aromatic rings. The number of nitrogens with zero attached hydrogens (tertiary/aromatic N) is 3. The summed E-state index contributed by atoms with van der Waals surface area (Å²) in [5.41, 5.74) is 3.58. The molecule has 0 saturated heterocycles. The molecule has 0 bridgehead atoms. The molecule has 3 aromatic heterocycles. The Morgan fingerprint density at radius 3 is 1.68 bits per heavy atom. The van der Waals surface area contributed by atoms with Crippen LogP contribution in [0.3, 0.4) is 0 Å². The van der Waals surface area contributed by atoms with Crippen LogP contribution in [0.25, 0.3) is 50.1 Å². The number of thiophene rings is 2. The number of benzene rings is 2. The summed E-state index contributed by atoms with van der Waals surface area (Å²) >= 11 is 2.79. The van der Waals surface area contributed by atoms with Crippen LogP contribution in [0.15, 0.2) is 42.5 Å². The van der Waals surface area contributed by atoms with Gasteiger partial charge in [-0.1, -0.05) is 128 Å². The SMILES string of the molecule is C/C=C/c1cc(OC)c(/C=C/c2ccc(-c3c(F)c(F)c(-c4ccc(C)s4)c4nn(CCCCCCCCCCCCCCCCCCCC)nc34)s2)cc1CO. The van der Waals surface area contributed by atoms with Gasteiger partial charge in [-0.25, -0.2) is 8.78 Å². The molecule has 5 nitrogen and oxygen atoms in total. The monoisotopic (exact) mass is 815 g/mol. The molecule has 0 atom stereocenters. The van der Waals surface area contributed by atoms with E-state index in [0.29, 0.717) is 33.1 Å². The maximum absolute atomic E-state index is 16.2. The summed E-state index contributed by atoms with van der Waals surface area (Å²) in [6.07, 6.45) is 31.4. The van der Waals surface area contributed by atoms with Crippen molar-refractivity contribution in [1.82, 2.24) is 15.0 Å². The van der Waals surface area contributed by atoms with Gasteiger partial charge in [0.05, 0.1) is 31.4 Å². The highest BCUT2D eigenvalue weighted by atomic mass is 32.1. The number of fused-ring (bicyclic) bond motifs is 1. The van der Waals surface area contributed by atoms with E-state index < -0.39 is 11.6 Å². The summed E-state index contributed by atoms with van der Waals surface area (Å²) in [4.78, 5) is 4.73. The Hall–Kier alpha value is -3.66. The number of aliphatic hydroxyl groups is 1. The average Bonchev–Trinajstić information content (AvgIpc) is 3.97. The molecular weight excluding hydrogens is 753 g/mol. The van der Waals surface area contributed by atoms with Crippen molar-refractivity contribution >= 4 is 51.9 Å². The zero-order valence-electron chi connectivity index (χ0n) is 34.7. The number of aliphatic hydroxyl groups excluding tert-OH is 1. The van der Waals surface area contributed by atoms with E-state index in [9.17, 15) is 5.11 Å². The van der Waals surface area contributed by atoms with Crippen LogP contribution in [0.5, 0.6) is 5.75 Å². The first-order valence-corrected chi connectivity index (χ1v) is 23.1. The summed E-state index contributed by atoms with van der Waals surface area (Å²) in [5, 5.41) is 19.6. The van der Waals surface area contributed by atoms with E-state index >= 15 is 8.78 Å². The van der Waals surface area contributed by atoms with Gasteiger partial charge in [0.2, 0.25) is 0 Å². The Labute approximate surface area is 347 Å². The standard InChI is InChI=1S/C48H63F2N3O2S2/c1-5-7-8-9-10-11-12-13-14-15-16-17-18-19-20-21-22-23-31-53-51-47-43(41-29-25-35(3)56-41)45(49)46(50)44(48(47)52-53)42-30-28-39(57-42)27-26-37-32-38(34-54)36(24-6-2)33-40(37)55-4/h6,24-30,32-33,54H,5,7-23,31,34H2,1-4H3/b24-6+,27-26+. The van der Waals surface area contributed by atoms with Gasteiger partial charge in [-0.05, 0) is 79.9 Å². The van der Waals surface area contributed by atoms with Gasteiger partial charge in [0.1, 0.15) is 16.8 Å². The number of hydrogen-bond acceptors (Lipinski definition) is 6. The van der Waals surface area contributed by atoms with Crippen molar-refractivity contribution in [2.75, 3.05) is 7.11 Å². The van der Waals surface area contributed by atoms with Crippen LogP contribution in [0.2, 0.25) is 0 Å². The second kappa shape index (κ2) is 23.7. The molecule has 9 heteroatoms. The highest BCUT2D eigenvalue weighted by Gasteiger charge is 2.27. The second-order valence-electron chi connectivity index (χ2n) is 15.3. The van der Waals surface area contributed by atoms with Gasteiger partial charge >= 0.3 is 0 Å². The lowest BCUT2D eigenvalue weighted by Crippen LogP contribution is -2.02. The zero-order chi connectivity index (χ0) is 40.4. The molecule has 57 heavy (non-hydrogen) atoms. The molecular formula is C48H63F2N3O2S2. The number of unbranched alkanes of at least 4 members (excludes halogenated alkanes) is 17. The molecule has 1 N–H and O–H groups in total. The average molecular weight is 816 g/mol. The van der Waals surface area contributed by atoms with Crippen LogP contribution in [0.4, 0.5) is 8.78 Å². The summed E-state index contributed by atoms with van der Waals surface area (Å²) in [6, 6.07) is 11.3. The predicted octanol–water partition coefficient (Wildman–Crippen LogP) is 15.2. The van der Waals surface area contributed by atoms with Gasteiger partial charge in [-0.15, -0.1) is 22.7 Å². The molecule has 0 fully saturated rings. The van der Waals surface area contributed by atoms with Crippen molar-refractivity contribution in [3.8, 4) is 26.6 Å². The number of aromatic nitrogens is 3. The largest absolute Gasteiger partial charge is 0.496 e. The number of ether oxygens (including phenoxy) is 1. The molecule has 308 valence electrons. The number of aryl methyl sites for hydroxylation is 2. The number of allylic oxidation sites excluding steroid dienone is 1. The highest BCUT2D eigenvalue weighted by Crippen LogP contribution is 2.43. The van der Waals surface area contributed by atoms with E-state index in [1.807, 2.05) is 74.5 Å². The van der Waals surface area contributed by atoms with Crippen LogP contribution < -0.4 is 4.74 Å². The van der Waals surface area contributed by atoms with E-state index in [4.69, 9.17) is 14.9 Å². The maximum Gasteiger partial charge on any atom is 0.170 e. The van der Waals surface area contributed by atoms with Gasteiger partial charge in [0, 0.05) is 25.1 Å². The second-order valence-corrected chi connectivity index (χ2v) is 17.7. The minimum absolute atomic E-state index is 0.101. The van der Waals surface area contributed by atoms with Crippen LogP contribution >= 0.6 is 22.7 Å². The molecule has 0 aliphatic rings. The highest BCUT2D eigenvalue weighted by molar-refractivity contribution is 7.16. The minimum atomic E-state index is -0.907. The molecule has 0 aliphatic heterocycles. The first-order chi connectivity index (χ1) is 27.9. The Bertz CT molecular complexity index is 2040. The lowest BCUT2D eigenvalue weighted by molar-refractivity contribution is 0.281. The molecule has 0 saturated carbocycles. The van der Waals surface area contributed by atoms with Crippen LogP contribution in [0, 0.1) is 18.6 Å². The van der Waals surface area contributed by atoms with E-state index in [1.54, 1.807) is 11.9 Å². The molecule has 0 aliphatic carbocycles. The maximum atomic E-state index is 16.2. The van der Waals surface area contributed by atoms with Gasteiger partial charge < -0.3 is 9.84 Å². The fourth-order valence-electron chi connectivity index (χ4n) is 7.57. The number of rotatable bonds is 26. The van der Waals surface area contributed by atoms with Crippen molar-refractivity contribution in [1.29, 1.82) is 0 Å². The number of hydrogen-bond donors (Lipinski definition) is 1. The molecule has 0 radical (unpaired) electrons. The van der Waals surface area contributed by atoms with E-state index in [0.717, 1.165) is 39.3 Å². The molecule has 0 spiro atoms. The minimum Gasteiger partial charge on any atom is -0.496 e. The lowest BCUT2D eigenvalue weighted by atomic mass is 10.0. The third-order valence-corrected chi connectivity index (χ3v) is 12.9. The van der Waals surface area contributed by atoms with Crippen LogP contribution in [-0.4, -0.2) is 27.2 Å². The Balaban J connectivity index is 1.19. The van der Waals surface area contributed by atoms with E-state index in [2.05, 4.69) is 6.92 Å². The number of halogens is 2. The molecule has 5 rings (SSSR count). The van der Waals surface area contributed by atoms with Gasteiger partial charge in [0.25, 0.3) is 0 Å². The van der Waals surface area contributed by atoms with Gasteiger partial charge in [-0.3, -0.25) is 0 Å². The van der Waals surface area contributed by atoms with E-state index in [1.165, 1.54) is 125 Å². The molecule has 0 unspecified atom stereocenters. The van der Waals surface area contributed by atoms with Crippen LogP contribution in [-0.2, 0) is 13.2 Å². The Morgan fingerprint density at radius 1 is 0.667 bits per heavy atom. The first kappa shape index (κ1) is 44.4. The van der Waals surface area contributed by atoms with Gasteiger partial charge in [0.15, 0.2) is 11.6 Å². The quantitative estimate of drug-likeness (QED) is 0.0565. The normalized spacial score (nSPS) is 12.0. The number of methoxy groups -OCH3 is 1. The third-order valence-electron chi connectivity index (χ3n) is 10.8. The molecule has 3 heterocycles. The fraction of sp³-hybridized carbons (Fsp3) is 0.500. The topological polar surface area (TPSA) is 60.2 Å². The summed E-state index contributed by atoms with van der Waals surface area (Å²) in [5.74, 6) is -1.13. The smallest absolute Gasteiger partial charge is 0.170 e. The predicted molar refractivity (Wildman–Crippen MR) is 240 cm³/mol. The fourth-order valence-corrected chi connectivity index (χ4v) is 9.43. The Morgan fingerprint density at radius 2 is 1.19 bits per heavy atom. The van der Waals surface area contributed by atoms with Crippen molar-refractivity contribution in [3.05, 3.63) is 80.6 Å². The lowest BCUT2D eigenvalue weighted by Gasteiger charge is -2.10. The summed E-state index contributed by atoms with van der Waals surface area (Å²) in [6.45, 7) is 6.67. The zero-order valence-corrected chi connectivity index (χ0v) is 36.3. The van der Waals surface area contributed by atoms with Crippen molar-refractivity contribution in [2.45, 2.75) is 149 Å². The van der Waals surface area contributed by atoms with Crippen molar-refractivity contribution in [2.24, 2.45) is 0 Å². The van der Waals surface area contributed by atoms with Crippen molar-refractivity contribution < 1.29 is 18.6 Å². The van der Waals surface area contributed by atoms with Gasteiger partial charge in [-0.2, -0.15) is 15.0 Å². The summed E-state index contributed by atoms with van der Waals surface area (Å²) < 4.78 is 38.0. The van der Waals surface area contributed by atoms with Crippen LogP contribution in [0.1, 0.15) is 156 Å². The molecule has 0 amide bonds. The molecule has 2 aromatic carbocycles. The van der Waals surface area contributed by atoms with E-state index in [-0.39, 0.29) is 17.7 Å². The first-order valence-electron chi connectivity index (χ1n) is 21.4. The summed E-state index contributed by atoms with van der Waals surface area (Å²) in [7, 11) is 1.62.